The fraction of sp³-hybridized carbons (Fsp3) is 0.0870. The van der Waals surface area contributed by atoms with Crippen molar-refractivity contribution in [2.75, 3.05) is 5.32 Å². The maximum absolute atomic E-state index is 13.6. The second-order valence-corrected chi connectivity index (χ2v) is 7.10. The topological polar surface area (TPSA) is 76.0 Å². The average molecular weight is 400 g/mol. The summed E-state index contributed by atoms with van der Waals surface area (Å²) in [6, 6.07) is 20.6. The summed E-state index contributed by atoms with van der Waals surface area (Å²) in [5.74, 6) is -0.729. The number of para-hydroxylation sites is 2. The van der Waals surface area contributed by atoms with Gasteiger partial charge in [0.2, 0.25) is 5.95 Å². The number of amides is 2. The Morgan fingerprint density at radius 1 is 0.967 bits per heavy atom. The van der Waals surface area contributed by atoms with Crippen LogP contribution < -0.4 is 10.6 Å². The summed E-state index contributed by atoms with van der Waals surface area (Å²) in [4.78, 5) is 30.3. The zero-order chi connectivity index (χ0) is 20.7. The van der Waals surface area contributed by atoms with Gasteiger partial charge in [-0.15, -0.1) is 0 Å². The lowest BCUT2D eigenvalue weighted by Gasteiger charge is -2.34. The molecule has 0 saturated heterocycles. The highest BCUT2D eigenvalue weighted by atomic mass is 19.1. The molecule has 0 fully saturated rings. The van der Waals surface area contributed by atoms with Crippen molar-refractivity contribution in [3.63, 3.8) is 0 Å². The summed E-state index contributed by atoms with van der Waals surface area (Å²) < 4.78 is 15.5. The number of imidazole rings is 1. The lowest BCUT2D eigenvalue weighted by molar-refractivity contribution is -0.119. The van der Waals surface area contributed by atoms with Gasteiger partial charge in [-0.1, -0.05) is 42.5 Å². The lowest BCUT2D eigenvalue weighted by Crippen LogP contribution is -2.52. The van der Waals surface area contributed by atoms with E-state index < -0.39 is 12.1 Å². The van der Waals surface area contributed by atoms with E-state index in [2.05, 4.69) is 15.6 Å². The van der Waals surface area contributed by atoms with Gasteiger partial charge in [0, 0.05) is 5.56 Å². The number of fused-ring (bicyclic) bond motifs is 3. The molecule has 0 spiro atoms. The van der Waals surface area contributed by atoms with E-state index in [0.717, 1.165) is 11.0 Å². The summed E-state index contributed by atoms with van der Waals surface area (Å²) in [5, 5.41) is 5.64. The van der Waals surface area contributed by atoms with Crippen LogP contribution in [0, 0.1) is 5.82 Å². The summed E-state index contributed by atoms with van der Waals surface area (Å²) in [6.07, 6.45) is 0. The van der Waals surface area contributed by atoms with Crippen molar-refractivity contribution < 1.29 is 14.0 Å². The van der Waals surface area contributed by atoms with E-state index in [1.165, 1.54) is 12.1 Å². The molecule has 1 aromatic heterocycles. The third-order valence-corrected chi connectivity index (χ3v) is 5.24. The van der Waals surface area contributed by atoms with Gasteiger partial charge >= 0.3 is 0 Å². The maximum Gasteiger partial charge on any atom is 0.251 e. The Labute approximate surface area is 171 Å². The highest BCUT2D eigenvalue weighted by Crippen LogP contribution is 2.35. The molecule has 148 valence electrons. The molecule has 2 amide bonds. The molecular formula is C23H17FN4O2. The normalized spacial score (nSPS) is 18.0. The third-order valence-electron chi connectivity index (χ3n) is 5.24. The minimum absolute atomic E-state index is 0.365. The van der Waals surface area contributed by atoms with E-state index in [4.69, 9.17) is 0 Å². The molecule has 4 aromatic rings. The summed E-state index contributed by atoms with van der Waals surface area (Å²) in [6.45, 7) is 0. The molecule has 3 aromatic carbocycles. The van der Waals surface area contributed by atoms with Crippen molar-refractivity contribution in [2.24, 2.45) is 0 Å². The van der Waals surface area contributed by atoms with Gasteiger partial charge in [0.15, 0.2) is 0 Å². The van der Waals surface area contributed by atoms with Crippen molar-refractivity contribution in [2.45, 2.75) is 12.1 Å². The van der Waals surface area contributed by atoms with Crippen molar-refractivity contribution >= 4 is 28.8 Å². The Kier molecular flexibility index (Phi) is 4.28. The number of carbonyl (C=O) groups excluding carboxylic acids is 2. The number of halogens is 1. The standard InChI is InChI=1S/C23H17FN4O2/c24-16-12-10-14(11-13-16)20-19(26-21(29)15-6-2-1-3-7-15)22(30)27-23-25-17-8-4-5-9-18(17)28(20)23/h1-13,19-20H,(H,26,29)(H,25,27,30). The number of rotatable bonds is 3. The fourth-order valence-electron chi connectivity index (χ4n) is 3.85. The lowest BCUT2D eigenvalue weighted by atomic mass is 9.96. The summed E-state index contributed by atoms with van der Waals surface area (Å²) >= 11 is 0. The van der Waals surface area contributed by atoms with Gasteiger partial charge in [-0.05, 0) is 42.0 Å². The van der Waals surface area contributed by atoms with E-state index in [0.29, 0.717) is 17.1 Å². The van der Waals surface area contributed by atoms with Crippen LogP contribution in [0.15, 0.2) is 78.9 Å². The van der Waals surface area contributed by atoms with Crippen molar-refractivity contribution in [3.05, 3.63) is 95.8 Å². The van der Waals surface area contributed by atoms with E-state index in [9.17, 15) is 14.0 Å². The van der Waals surface area contributed by atoms with Crippen LogP contribution in [-0.4, -0.2) is 27.4 Å². The predicted molar refractivity (Wildman–Crippen MR) is 111 cm³/mol. The van der Waals surface area contributed by atoms with Gasteiger partial charge in [-0.3, -0.25) is 19.5 Å². The number of hydrogen-bond donors (Lipinski definition) is 2. The minimum atomic E-state index is -0.909. The molecule has 0 bridgehead atoms. The molecule has 5 rings (SSSR count). The number of benzene rings is 3. The molecule has 2 unspecified atom stereocenters. The molecule has 30 heavy (non-hydrogen) atoms. The second kappa shape index (κ2) is 7.11. The molecule has 1 aliphatic rings. The van der Waals surface area contributed by atoms with Gasteiger partial charge in [0.25, 0.3) is 11.8 Å². The molecule has 6 nitrogen and oxygen atoms in total. The number of anilines is 1. The molecule has 0 aliphatic carbocycles. The van der Waals surface area contributed by atoms with Crippen LogP contribution in [0.4, 0.5) is 10.3 Å². The number of aromatic nitrogens is 2. The van der Waals surface area contributed by atoms with Crippen LogP contribution in [0.2, 0.25) is 0 Å². The quantitative estimate of drug-likeness (QED) is 0.553. The highest BCUT2D eigenvalue weighted by molar-refractivity contribution is 6.03. The SMILES string of the molecule is O=C(NC1C(=O)Nc2nc3ccccc3n2C1c1ccc(F)cc1)c1ccccc1. The average Bonchev–Trinajstić information content (AvgIpc) is 3.13. The highest BCUT2D eigenvalue weighted by Gasteiger charge is 2.39. The fourth-order valence-corrected chi connectivity index (χ4v) is 3.85. The van der Waals surface area contributed by atoms with Crippen molar-refractivity contribution in [3.8, 4) is 0 Å². The van der Waals surface area contributed by atoms with Gasteiger partial charge < -0.3 is 5.32 Å². The molecule has 2 N–H and O–H groups in total. The molecule has 7 heteroatoms. The molecule has 0 saturated carbocycles. The Morgan fingerprint density at radius 3 is 2.43 bits per heavy atom. The smallest absolute Gasteiger partial charge is 0.251 e. The molecular weight excluding hydrogens is 383 g/mol. The first kappa shape index (κ1) is 18.1. The summed E-state index contributed by atoms with van der Waals surface area (Å²) in [5.41, 5.74) is 2.66. The van der Waals surface area contributed by atoms with Crippen molar-refractivity contribution in [1.82, 2.24) is 14.9 Å². The molecule has 2 heterocycles. The third kappa shape index (κ3) is 3.00. The van der Waals surface area contributed by atoms with Crippen LogP contribution in [0.5, 0.6) is 0 Å². The minimum Gasteiger partial charge on any atom is -0.338 e. The van der Waals surface area contributed by atoms with Gasteiger partial charge in [0.05, 0.1) is 17.1 Å². The molecule has 0 radical (unpaired) electrons. The first-order valence-corrected chi connectivity index (χ1v) is 9.51. The van der Waals surface area contributed by atoms with E-state index in [1.807, 2.05) is 34.9 Å². The maximum atomic E-state index is 13.6. The van der Waals surface area contributed by atoms with Crippen molar-refractivity contribution in [1.29, 1.82) is 0 Å². The van der Waals surface area contributed by atoms with Crippen LogP contribution >= 0.6 is 0 Å². The zero-order valence-corrected chi connectivity index (χ0v) is 15.7. The summed E-state index contributed by atoms with van der Waals surface area (Å²) in [7, 11) is 0. The van der Waals surface area contributed by atoms with Crippen LogP contribution in [-0.2, 0) is 4.79 Å². The van der Waals surface area contributed by atoms with Crippen LogP contribution in [0.1, 0.15) is 22.0 Å². The largest absolute Gasteiger partial charge is 0.338 e. The van der Waals surface area contributed by atoms with E-state index in [-0.39, 0.29) is 17.6 Å². The van der Waals surface area contributed by atoms with E-state index >= 15 is 0 Å². The zero-order valence-electron chi connectivity index (χ0n) is 15.7. The Morgan fingerprint density at radius 2 is 1.67 bits per heavy atom. The van der Waals surface area contributed by atoms with Gasteiger partial charge in [-0.25, -0.2) is 9.37 Å². The second-order valence-electron chi connectivity index (χ2n) is 7.10. The van der Waals surface area contributed by atoms with Crippen LogP contribution in [0.3, 0.4) is 0 Å². The predicted octanol–water partition coefficient (Wildman–Crippen LogP) is 3.52. The van der Waals surface area contributed by atoms with Crippen LogP contribution in [0.25, 0.3) is 11.0 Å². The van der Waals surface area contributed by atoms with Gasteiger partial charge in [-0.2, -0.15) is 0 Å². The molecule has 2 atom stereocenters. The number of nitrogens with one attached hydrogen (secondary N) is 2. The first-order chi connectivity index (χ1) is 14.6. The monoisotopic (exact) mass is 400 g/mol. The Hall–Kier alpha value is -4.00. The van der Waals surface area contributed by atoms with E-state index in [1.54, 1.807) is 36.4 Å². The number of nitrogens with zero attached hydrogens (tertiary/aromatic N) is 2. The number of carbonyl (C=O) groups is 2. The Bertz CT molecular complexity index is 1250. The number of hydrogen-bond acceptors (Lipinski definition) is 3. The van der Waals surface area contributed by atoms with Gasteiger partial charge in [0.1, 0.15) is 11.9 Å². The first-order valence-electron chi connectivity index (χ1n) is 9.51. The molecule has 1 aliphatic heterocycles. The Balaban J connectivity index is 1.64.